The number of benzene rings is 1. The van der Waals surface area contributed by atoms with E-state index in [-0.39, 0.29) is 16.6 Å². The normalized spacial score (nSPS) is 12.0. The molecule has 0 bridgehead atoms. The standard InChI is InChI=1S/C22H28N4O3S3/c1-7-26(8-2)32(28,29)17-10-9-13(3)18(11-17)25-19(27)12-30-21-20-14(4)15(5)31-22(20)24-16(6)23-21/h9-11H,7-8,12H2,1-6H3,(H,25,27). The maximum absolute atomic E-state index is 12.8. The molecule has 0 saturated heterocycles. The van der Waals surface area contributed by atoms with Gasteiger partial charge in [0.1, 0.15) is 15.7 Å². The Hall–Kier alpha value is -2.01. The number of rotatable bonds is 8. The summed E-state index contributed by atoms with van der Waals surface area (Å²) < 4.78 is 27.1. The van der Waals surface area contributed by atoms with Crippen molar-refractivity contribution in [1.29, 1.82) is 0 Å². The molecule has 1 aromatic carbocycles. The quantitative estimate of drug-likeness (QED) is 0.362. The fourth-order valence-corrected chi connectivity index (χ4v) is 6.90. The molecule has 0 atom stereocenters. The second-order valence-corrected chi connectivity index (χ2v) is 11.5. The third-order valence-electron chi connectivity index (χ3n) is 5.27. The Bertz CT molecular complexity index is 1270. The predicted molar refractivity (Wildman–Crippen MR) is 132 cm³/mol. The van der Waals surface area contributed by atoms with E-state index in [1.165, 1.54) is 27.0 Å². The number of hydrogen-bond acceptors (Lipinski definition) is 7. The minimum absolute atomic E-state index is 0.159. The van der Waals surface area contributed by atoms with Crippen LogP contribution in [0.15, 0.2) is 28.1 Å². The number of aryl methyl sites for hydroxylation is 4. The molecule has 0 aliphatic heterocycles. The largest absolute Gasteiger partial charge is 0.325 e. The maximum Gasteiger partial charge on any atom is 0.243 e. The van der Waals surface area contributed by atoms with Gasteiger partial charge < -0.3 is 5.32 Å². The lowest BCUT2D eigenvalue weighted by Crippen LogP contribution is -2.30. The minimum atomic E-state index is -3.60. The smallest absolute Gasteiger partial charge is 0.243 e. The molecule has 0 unspecified atom stereocenters. The van der Waals surface area contributed by atoms with Crippen LogP contribution in [0.25, 0.3) is 10.2 Å². The van der Waals surface area contributed by atoms with Gasteiger partial charge in [0.25, 0.3) is 0 Å². The average molecular weight is 493 g/mol. The summed E-state index contributed by atoms with van der Waals surface area (Å²) in [6, 6.07) is 4.83. The third-order valence-corrected chi connectivity index (χ3v) is 9.40. The predicted octanol–water partition coefficient (Wildman–Crippen LogP) is 4.69. The highest BCUT2D eigenvalue weighted by atomic mass is 32.2. The van der Waals surface area contributed by atoms with Gasteiger partial charge >= 0.3 is 0 Å². The zero-order chi connectivity index (χ0) is 23.6. The molecular weight excluding hydrogens is 464 g/mol. The molecule has 0 aliphatic carbocycles. The van der Waals surface area contributed by atoms with Gasteiger partial charge in [-0.05, 0) is 51.0 Å². The van der Waals surface area contributed by atoms with Gasteiger partial charge in [-0.1, -0.05) is 31.7 Å². The van der Waals surface area contributed by atoms with Crippen molar-refractivity contribution in [2.75, 3.05) is 24.2 Å². The molecule has 1 N–H and O–H groups in total. The van der Waals surface area contributed by atoms with Gasteiger partial charge in [-0.15, -0.1) is 11.3 Å². The van der Waals surface area contributed by atoms with Crippen molar-refractivity contribution in [2.24, 2.45) is 0 Å². The first kappa shape index (κ1) is 24.6. The molecule has 0 radical (unpaired) electrons. The van der Waals surface area contributed by atoms with Crippen LogP contribution >= 0.6 is 23.1 Å². The van der Waals surface area contributed by atoms with E-state index in [0.29, 0.717) is 24.6 Å². The summed E-state index contributed by atoms with van der Waals surface area (Å²) in [6.07, 6.45) is 0. The Morgan fingerprint density at radius 2 is 1.81 bits per heavy atom. The first-order valence-electron chi connectivity index (χ1n) is 10.4. The zero-order valence-electron chi connectivity index (χ0n) is 19.1. The summed E-state index contributed by atoms with van der Waals surface area (Å²) in [7, 11) is -3.60. The Labute approximate surface area is 197 Å². The van der Waals surface area contributed by atoms with Gasteiger partial charge in [-0.3, -0.25) is 4.79 Å². The Kier molecular flexibility index (Phi) is 7.59. The van der Waals surface area contributed by atoms with Crippen molar-refractivity contribution in [3.05, 3.63) is 40.0 Å². The molecule has 0 spiro atoms. The van der Waals surface area contributed by atoms with E-state index in [1.807, 2.05) is 20.8 Å². The number of carbonyl (C=O) groups is 1. The van der Waals surface area contributed by atoms with Crippen LogP contribution in [0.5, 0.6) is 0 Å². The second kappa shape index (κ2) is 9.86. The number of thiophene rings is 1. The number of aromatic nitrogens is 2. The van der Waals surface area contributed by atoms with E-state index in [0.717, 1.165) is 26.4 Å². The Balaban J connectivity index is 1.80. The molecule has 0 fully saturated rings. The van der Waals surface area contributed by atoms with Crippen molar-refractivity contribution in [1.82, 2.24) is 14.3 Å². The van der Waals surface area contributed by atoms with Crippen LogP contribution in [-0.2, 0) is 14.8 Å². The van der Waals surface area contributed by atoms with Crippen molar-refractivity contribution < 1.29 is 13.2 Å². The summed E-state index contributed by atoms with van der Waals surface area (Å²) in [5.74, 6) is 0.614. The van der Waals surface area contributed by atoms with Crippen molar-refractivity contribution in [2.45, 2.75) is 51.5 Å². The molecule has 172 valence electrons. The first-order chi connectivity index (χ1) is 15.1. The van der Waals surface area contributed by atoms with Gasteiger partial charge in [0.15, 0.2) is 0 Å². The molecule has 0 aliphatic rings. The Morgan fingerprint density at radius 3 is 2.47 bits per heavy atom. The highest BCUT2D eigenvalue weighted by molar-refractivity contribution is 8.00. The molecule has 1 amide bonds. The molecule has 0 saturated carbocycles. The Morgan fingerprint density at radius 1 is 1.12 bits per heavy atom. The third kappa shape index (κ3) is 4.98. The number of sulfonamides is 1. The minimum Gasteiger partial charge on any atom is -0.325 e. The number of amides is 1. The van der Waals surface area contributed by atoms with Gasteiger partial charge in [0.05, 0.1) is 10.6 Å². The fraction of sp³-hybridized carbons (Fsp3) is 0.409. The number of fused-ring (bicyclic) bond motifs is 1. The van der Waals surface area contributed by atoms with E-state index < -0.39 is 10.0 Å². The number of anilines is 1. The summed E-state index contributed by atoms with van der Waals surface area (Å²) in [5.41, 5.74) is 2.43. The highest BCUT2D eigenvalue weighted by Gasteiger charge is 2.23. The number of hydrogen-bond donors (Lipinski definition) is 1. The molecule has 2 aromatic heterocycles. The SMILES string of the molecule is CCN(CC)S(=O)(=O)c1ccc(C)c(NC(=O)CSc2nc(C)nc3sc(C)c(C)c23)c1. The number of thioether (sulfide) groups is 1. The van der Waals surface area contributed by atoms with E-state index >= 15 is 0 Å². The summed E-state index contributed by atoms with van der Waals surface area (Å²) in [4.78, 5) is 24.1. The molecule has 2 heterocycles. The van der Waals surface area contributed by atoms with Crippen LogP contribution in [0.4, 0.5) is 5.69 Å². The highest BCUT2D eigenvalue weighted by Crippen LogP contribution is 2.35. The zero-order valence-corrected chi connectivity index (χ0v) is 21.6. The molecule has 3 rings (SSSR count). The fourth-order valence-electron chi connectivity index (χ4n) is 3.35. The average Bonchev–Trinajstić information content (AvgIpc) is 3.01. The van der Waals surface area contributed by atoms with Crippen molar-refractivity contribution >= 4 is 54.9 Å². The summed E-state index contributed by atoms with van der Waals surface area (Å²) >= 11 is 2.99. The molecular formula is C22H28N4O3S3. The monoisotopic (exact) mass is 492 g/mol. The lowest BCUT2D eigenvalue weighted by atomic mass is 10.2. The number of carbonyl (C=O) groups excluding carboxylic acids is 1. The lowest BCUT2D eigenvalue weighted by Gasteiger charge is -2.19. The first-order valence-corrected chi connectivity index (χ1v) is 13.6. The van der Waals surface area contributed by atoms with Crippen LogP contribution in [0.3, 0.4) is 0 Å². The van der Waals surface area contributed by atoms with Gasteiger partial charge in [-0.2, -0.15) is 4.31 Å². The molecule has 32 heavy (non-hydrogen) atoms. The van der Waals surface area contributed by atoms with Crippen LogP contribution in [0.2, 0.25) is 0 Å². The van der Waals surface area contributed by atoms with Crippen LogP contribution in [-0.4, -0.2) is 47.4 Å². The van der Waals surface area contributed by atoms with Crippen LogP contribution < -0.4 is 5.32 Å². The molecule has 7 nitrogen and oxygen atoms in total. The van der Waals surface area contributed by atoms with Gasteiger partial charge in [-0.25, -0.2) is 18.4 Å². The summed E-state index contributed by atoms with van der Waals surface area (Å²) in [5, 5.41) is 4.66. The van der Waals surface area contributed by atoms with Crippen molar-refractivity contribution in [3.8, 4) is 0 Å². The van der Waals surface area contributed by atoms with Crippen LogP contribution in [0, 0.1) is 27.7 Å². The van der Waals surface area contributed by atoms with E-state index in [9.17, 15) is 13.2 Å². The van der Waals surface area contributed by atoms with E-state index in [4.69, 9.17) is 0 Å². The van der Waals surface area contributed by atoms with Gasteiger partial charge in [0, 0.05) is 29.0 Å². The maximum atomic E-state index is 12.8. The topological polar surface area (TPSA) is 92.3 Å². The molecule has 3 aromatic rings. The number of nitrogens with zero attached hydrogens (tertiary/aromatic N) is 3. The van der Waals surface area contributed by atoms with E-state index in [2.05, 4.69) is 22.2 Å². The van der Waals surface area contributed by atoms with Crippen LogP contribution in [0.1, 0.15) is 35.7 Å². The lowest BCUT2D eigenvalue weighted by molar-refractivity contribution is -0.113. The van der Waals surface area contributed by atoms with Crippen molar-refractivity contribution in [3.63, 3.8) is 0 Å². The second-order valence-electron chi connectivity index (χ2n) is 7.44. The number of nitrogens with one attached hydrogen (secondary N) is 1. The summed E-state index contributed by atoms with van der Waals surface area (Å²) in [6.45, 7) is 12.2. The molecule has 10 heteroatoms. The van der Waals surface area contributed by atoms with Gasteiger partial charge in [0.2, 0.25) is 15.9 Å². The van der Waals surface area contributed by atoms with E-state index in [1.54, 1.807) is 37.3 Å².